The first-order valence-electron chi connectivity index (χ1n) is 7.56. The first kappa shape index (κ1) is 19.2. The van der Waals surface area contributed by atoms with Gasteiger partial charge in [0.25, 0.3) is 5.91 Å². The molecule has 0 aliphatic heterocycles. The Morgan fingerprint density at radius 3 is 2.57 bits per heavy atom. The van der Waals surface area contributed by atoms with Crippen LogP contribution in [-0.2, 0) is 0 Å². The van der Waals surface area contributed by atoms with Crippen LogP contribution >= 0.6 is 12.4 Å². The van der Waals surface area contributed by atoms with Crippen LogP contribution in [0.3, 0.4) is 0 Å². The number of amides is 1. The van der Waals surface area contributed by atoms with E-state index < -0.39 is 5.54 Å². The molecule has 0 saturated carbocycles. The molecule has 3 N–H and O–H groups in total. The van der Waals surface area contributed by atoms with E-state index in [1.54, 1.807) is 17.1 Å². The lowest BCUT2D eigenvalue weighted by molar-refractivity contribution is 0.0898. The van der Waals surface area contributed by atoms with Crippen molar-refractivity contribution in [1.29, 1.82) is 0 Å². The molecule has 0 aliphatic carbocycles. The molecule has 1 atom stereocenters. The van der Waals surface area contributed by atoms with E-state index in [1.807, 2.05) is 37.3 Å². The molecule has 1 aromatic heterocycles. The van der Waals surface area contributed by atoms with Gasteiger partial charge in [0.15, 0.2) is 0 Å². The summed E-state index contributed by atoms with van der Waals surface area (Å²) in [5, 5.41) is 7.29. The molecule has 5 nitrogen and oxygen atoms in total. The van der Waals surface area contributed by atoms with E-state index >= 15 is 0 Å². The maximum atomic E-state index is 12.4. The zero-order chi connectivity index (χ0) is 16.2. The first-order chi connectivity index (χ1) is 10.4. The number of carbonyl (C=O) groups is 1. The van der Waals surface area contributed by atoms with Gasteiger partial charge in [0.05, 0.1) is 17.4 Å². The van der Waals surface area contributed by atoms with Gasteiger partial charge in [0, 0.05) is 18.3 Å². The molecule has 6 heteroatoms. The van der Waals surface area contributed by atoms with Gasteiger partial charge in [0.1, 0.15) is 0 Å². The summed E-state index contributed by atoms with van der Waals surface area (Å²) in [6.45, 7) is 6.62. The number of hydrogen-bond acceptors (Lipinski definition) is 3. The number of para-hydroxylation sites is 1. The second-order valence-electron chi connectivity index (χ2n) is 6.33. The molecule has 2 aromatic rings. The lowest BCUT2D eigenvalue weighted by atomic mass is 9.90. The number of nitrogens with two attached hydrogens (primary N) is 1. The zero-order valence-corrected chi connectivity index (χ0v) is 14.6. The first-order valence-corrected chi connectivity index (χ1v) is 7.56. The van der Waals surface area contributed by atoms with E-state index in [4.69, 9.17) is 5.73 Å². The Morgan fingerprint density at radius 2 is 2.00 bits per heavy atom. The fourth-order valence-electron chi connectivity index (χ4n) is 2.59. The van der Waals surface area contributed by atoms with Crippen LogP contribution in [0.5, 0.6) is 0 Å². The Labute approximate surface area is 143 Å². The van der Waals surface area contributed by atoms with Gasteiger partial charge in [0.2, 0.25) is 0 Å². The number of halogens is 1. The van der Waals surface area contributed by atoms with Gasteiger partial charge in [-0.2, -0.15) is 5.10 Å². The molecule has 2 rings (SSSR count). The van der Waals surface area contributed by atoms with Crippen molar-refractivity contribution in [2.75, 3.05) is 6.54 Å². The van der Waals surface area contributed by atoms with Crippen molar-refractivity contribution < 1.29 is 4.79 Å². The Bertz CT molecular complexity index is 627. The van der Waals surface area contributed by atoms with Gasteiger partial charge >= 0.3 is 0 Å². The third-order valence-electron chi connectivity index (χ3n) is 3.59. The third-order valence-corrected chi connectivity index (χ3v) is 3.59. The molecule has 0 saturated heterocycles. The van der Waals surface area contributed by atoms with E-state index in [1.165, 1.54) is 0 Å². The molecule has 0 spiro atoms. The summed E-state index contributed by atoms with van der Waals surface area (Å²) in [6, 6.07) is 9.70. The topological polar surface area (TPSA) is 72.9 Å². The van der Waals surface area contributed by atoms with Crippen molar-refractivity contribution in [3.8, 4) is 5.69 Å². The number of aromatic nitrogens is 2. The number of nitrogens with zero attached hydrogens (tertiary/aromatic N) is 2. The molecule has 0 aliphatic rings. The minimum absolute atomic E-state index is 0. The normalized spacial score (nSPS) is 13.3. The number of rotatable bonds is 6. The zero-order valence-electron chi connectivity index (χ0n) is 13.8. The van der Waals surface area contributed by atoms with Crippen LogP contribution in [0.2, 0.25) is 0 Å². The molecule has 0 bridgehead atoms. The quantitative estimate of drug-likeness (QED) is 0.852. The van der Waals surface area contributed by atoms with Gasteiger partial charge in [-0.3, -0.25) is 4.79 Å². The fourth-order valence-corrected chi connectivity index (χ4v) is 2.59. The monoisotopic (exact) mass is 336 g/mol. The van der Waals surface area contributed by atoms with Crippen LogP contribution in [0.15, 0.2) is 42.7 Å². The molecule has 0 fully saturated rings. The van der Waals surface area contributed by atoms with E-state index in [-0.39, 0.29) is 18.3 Å². The third kappa shape index (κ3) is 5.08. The SMILES string of the molecule is CC(C)CC(C)(CN)NC(=O)c1cnn(-c2ccccc2)c1.Cl. The van der Waals surface area contributed by atoms with Crippen LogP contribution < -0.4 is 11.1 Å². The summed E-state index contributed by atoms with van der Waals surface area (Å²) in [7, 11) is 0. The van der Waals surface area contributed by atoms with Crippen LogP contribution in [0.25, 0.3) is 5.69 Å². The van der Waals surface area contributed by atoms with Gasteiger partial charge < -0.3 is 11.1 Å². The van der Waals surface area contributed by atoms with Crippen LogP contribution in [0, 0.1) is 5.92 Å². The fraction of sp³-hybridized carbons (Fsp3) is 0.412. The average Bonchev–Trinajstić information content (AvgIpc) is 2.97. The summed E-state index contributed by atoms with van der Waals surface area (Å²) in [6.07, 6.45) is 4.15. The second kappa shape index (κ2) is 8.13. The Hall–Kier alpha value is -1.85. The van der Waals surface area contributed by atoms with Gasteiger partial charge in [-0.1, -0.05) is 32.0 Å². The number of nitrogens with one attached hydrogen (secondary N) is 1. The highest BCUT2D eigenvalue weighted by atomic mass is 35.5. The van der Waals surface area contributed by atoms with E-state index in [2.05, 4.69) is 24.3 Å². The van der Waals surface area contributed by atoms with Crippen molar-refractivity contribution in [2.24, 2.45) is 11.7 Å². The highest BCUT2D eigenvalue weighted by molar-refractivity contribution is 5.94. The van der Waals surface area contributed by atoms with E-state index in [0.29, 0.717) is 18.0 Å². The summed E-state index contributed by atoms with van der Waals surface area (Å²) in [5.41, 5.74) is 6.90. The maximum absolute atomic E-state index is 12.4. The molecule has 1 unspecified atom stereocenters. The highest BCUT2D eigenvalue weighted by Gasteiger charge is 2.26. The molecule has 1 amide bonds. The summed E-state index contributed by atoms with van der Waals surface area (Å²) in [5.74, 6) is 0.316. The molecular weight excluding hydrogens is 312 g/mol. The minimum Gasteiger partial charge on any atom is -0.346 e. The highest BCUT2D eigenvalue weighted by Crippen LogP contribution is 2.16. The summed E-state index contributed by atoms with van der Waals surface area (Å²) < 4.78 is 1.69. The smallest absolute Gasteiger partial charge is 0.254 e. The van der Waals surface area contributed by atoms with Crippen molar-refractivity contribution in [2.45, 2.75) is 32.7 Å². The maximum Gasteiger partial charge on any atom is 0.254 e. The predicted octanol–water partition coefficient (Wildman–Crippen LogP) is 2.79. The average molecular weight is 337 g/mol. The van der Waals surface area contributed by atoms with Crippen molar-refractivity contribution in [1.82, 2.24) is 15.1 Å². The minimum atomic E-state index is -0.403. The molecule has 1 aromatic carbocycles. The van der Waals surface area contributed by atoms with Crippen LogP contribution in [-0.4, -0.2) is 27.8 Å². The van der Waals surface area contributed by atoms with Gasteiger partial charge in [-0.05, 0) is 31.4 Å². The molecule has 0 radical (unpaired) electrons. The van der Waals surface area contributed by atoms with E-state index in [0.717, 1.165) is 12.1 Å². The molecular formula is C17H25ClN4O. The van der Waals surface area contributed by atoms with Crippen LogP contribution in [0.1, 0.15) is 37.6 Å². The summed E-state index contributed by atoms with van der Waals surface area (Å²) in [4.78, 5) is 12.4. The van der Waals surface area contributed by atoms with Crippen molar-refractivity contribution in [3.05, 3.63) is 48.3 Å². The Kier molecular flexibility index (Phi) is 6.79. The number of benzene rings is 1. The van der Waals surface area contributed by atoms with Crippen molar-refractivity contribution in [3.63, 3.8) is 0 Å². The molecule has 23 heavy (non-hydrogen) atoms. The number of carbonyl (C=O) groups excluding carboxylic acids is 1. The molecule has 126 valence electrons. The largest absolute Gasteiger partial charge is 0.346 e. The van der Waals surface area contributed by atoms with Crippen molar-refractivity contribution >= 4 is 18.3 Å². The van der Waals surface area contributed by atoms with Gasteiger partial charge in [-0.25, -0.2) is 4.68 Å². The second-order valence-corrected chi connectivity index (χ2v) is 6.33. The standard InChI is InChI=1S/C17H24N4O.ClH/c1-13(2)9-17(3,12-18)20-16(22)14-10-19-21(11-14)15-7-5-4-6-8-15;/h4-8,10-11,13H,9,12,18H2,1-3H3,(H,20,22);1H. The van der Waals surface area contributed by atoms with Crippen LogP contribution in [0.4, 0.5) is 0 Å². The Morgan fingerprint density at radius 1 is 1.35 bits per heavy atom. The number of hydrogen-bond donors (Lipinski definition) is 2. The lowest BCUT2D eigenvalue weighted by Gasteiger charge is -2.31. The lowest BCUT2D eigenvalue weighted by Crippen LogP contribution is -2.52. The van der Waals surface area contributed by atoms with Gasteiger partial charge in [-0.15, -0.1) is 12.4 Å². The summed E-state index contributed by atoms with van der Waals surface area (Å²) >= 11 is 0. The molecule has 1 heterocycles. The van der Waals surface area contributed by atoms with E-state index in [9.17, 15) is 4.79 Å². The predicted molar refractivity (Wildman–Crippen MR) is 95.2 cm³/mol. The Balaban J connectivity index is 0.00000264.